The van der Waals surface area contributed by atoms with E-state index in [-0.39, 0.29) is 38.3 Å². The van der Waals surface area contributed by atoms with E-state index in [0.717, 1.165) is 0 Å². The zero-order valence-corrected chi connectivity index (χ0v) is 19.1. The van der Waals surface area contributed by atoms with Crippen molar-refractivity contribution in [2.45, 2.75) is 0 Å². The molecular formula is C4H8N4OS9W-4. The van der Waals surface area contributed by atoms with E-state index in [1.54, 1.807) is 0 Å². The Kier molecular flexibility index (Phi) is 70.9. The second-order valence-corrected chi connectivity index (χ2v) is 5.83. The van der Waals surface area contributed by atoms with Crippen molar-refractivity contribution in [1.82, 2.24) is 0 Å². The van der Waals surface area contributed by atoms with Gasteiger partial charge in [0.05, 0.1) is 0 Å². The van der Waals surface area contributed by atoms with Crippen molar-refractivity contribution in [2.75, 3.05) is 0 Å². The summed E-state index contributed by atoms with van der Waals surface area (Å²) in [4.78, 5) is 0. The van der Waals surface area contributed by atoms with E-state index in [2.05, 4.69) is 135 Å². The Balaban J connectivity index is -0.0000000279. The van der Waals surface area contributed by atoms with Gasteiger partial charge in [-0.2, -0.15) is 4.21 Å². The predicted octanol–water partition coefficient (Wildman–Crippen LogP) is -1.23. The molecule has 0 saturated heterocycles. The molecule has 0 aromatic carbocycles. The van der Waals surface area contributed by atoms with Crippen LogP contribution < -0.4 is 22.9 Å². The third kappa shape index (κ3) is 4270. The summed E-state index contributed by atoms with van der Waals surface area (Å²) in [7, 11) is 0. The van der Waals surface area contributed by atoms with Crippen molar-refractivity contribution in [3.05, 3.63) is 0 Å². The molecule has 8 N–H and O–H groups in total. The number of hydrogen-bond donors (Lipinski definition) is 4. The molecule has 19 heavy (non-hydrogen) atoms. The van der Waals surface area contributed by atoms with E-state index in [0.29, 0.717) is 0 Å². The largest absolute Gasteiger partial charge is 0.415 e. The quantitative estimate of drug-likeness (QED) is 0.196. The van der Waals surface area contributed by atoms with Crippen LogP contribution in [0.15, 0.2) is 0 Å². The van der Waals surface area contributed by atoms with Crippen LogP contribution in [0.1, 0.15) is 0 Å². The summed E-state index contributed by atoms with van der Waals surface area (Å²) in [6.07, 6.45) is 0. The van der Waals surface area contributed by atoms with Gasteiger partial charge in [0.2, 0.25) is 0 Å². The average molecular weight is 601 g/mol. The molecule has 15 heteroatoms. The van der Waals surface area contributed by atoms with Gasteiger partial charge in [0.15, 0.2) is 12.5 Å². The van der Waals surface area contributed by atoms with Crippen LogP contribution in [0.2, 0.25) is 0 Å². The molecule has 0 rings (SSSR count). The predicted molar refractivity (Wildman–Crippen MR) is 105 cm³/mol. The van der Waals surface area contributed by atoms with Crippen molar-refractivity contribution in [1.29, 1.82) is 0 Å². The fourth-order valence-corrected chi connectivity index (χ4v) is 0. The molecule has 0 aromatic rings. The zero-order valence-electron chi connectivity index (χ0n) is 8.80. The molecule has 0 atom stereocenters. The first-order chi connectivity index (χ1) is 7.93. The average Bonchev–Trinajstić information content (AvgIpc) is 2.01. The third-order valence-electron chi connectivity index (χ3n) is 0. The summed E-state index contributed by atoms with van der Waals surface area (Å²) in [6, 6.07) is 0. The Bertz CT molecular complexity index is 188. The third-order valence-corrected chi connectivity index (χ3v) is 0. The minimum absolute atomic E-state index is 0. The molecule has 0 aliphatic carbocycles. The van der Waals surface area contributed by atoms with Crippen LogP contribution >= 0.6 is 48.9 Å². The topological polar surface area (TPSA) is 121 Å². The molecule has 0 fully saturated rings. The molecule has 0 radical (unpaired) electrons. The van der Waals surface area contributed by atoms with E-state index in [4.69, 9.17) is 4.21 Å². The van der Waals surface area contributed by atoms with Crippen molar-refractivity contribution in [3.63, 3.8) is 0 Å². The Labute approximate surface area is 175 Å². The Hall–Kier alpha value is 1.15. The molecule has 5 nitrogen and oxygen atoms in total. The maximum atomic E-state index is 7.83. The second kappa shape index (κ2) is 36.5. The van der Waals surface area contributed by atoms with Crippen molar-refractivity contribution < 1.29 is 25.3 Å². The fraction of sp³-hybridized carbons (Fsp3) is 0. The molecule has 0 saturated carbocycles. The number of thiocarbonyl (C=S) groups is 4. The van der Waals surface area contributed by atoms with Gasteiger partial charge in [0, 0.05) is 21.1 Å². The second-order valence-electron chi connectivity index (χ2n) is 1.28. The van der Waals surface area contributed by atoms with Crippen LogP contribution in [-0.2, 0) is 84.1 Å². The maximum absolute atomic E-state index is 7.83. The first-order valence-corrected chi connectivity index (χ1v) is 6.55. The van der Waals surface area contributed by atoms with E-state index in [9.17, 15) is 0 Å². The minimum Gasteiger partial charge on any atom is -0.415 e. The van der Waals surface area contributed by atoms with E-state index in [1.165, 1.54) is 0 Å². The van der Waals surface area contributed by atoms with Crippen LogP contribution in [-0.4, -0.2) is 21.5 Å². The molecule has 114 valence electrons. The van der Waals surface area contributed by atoms with Gasteiger partial charge in [-0.25, -0.2) is 0 Å². The molecule has 0 unspecified atom stereocenters. The van der Waals surface area contributed by atoms with Gasteiger partial charge < -0.3 is 122 Å². The monoisotopic (exact) mass is 600 g/mol. The van der Waals surface area contributed by atoms with Gasteiger partial charge in [-0.1, -0.05) is 17.3 Å². The molecule has 0 amide bonds. The minimum atomic E-state index is 0. The molecule has 0 aliphatic rings. The molecule has 0 spiro atoms. The summed E-state index contributed by atoms with van der Waals surface area (Å²) in [5, 5.41) is 0. The van der Waals surface area contributed by atoms with Crippen molar-refractivity contribution in [2.24, 2.45) is 22.9 Å². The first-order valence-electron chi connectivity index (χ1n) is 2.95. The zero-order chi connectivity index (χ0) is 16.3. The summed E-state index contributed by atoms with van der Waals surface area (Å²) in [5.74, 6) is 0. The first kappa shape index (κ1) is 36.9. The molecule has 0 heterocycles. The van der Waals surface area contributed by atoms with Gasteiger partial charge in [-0.05, 0) is 0 Å². The SMILES string of the molecule is NC(=S)[S-].NC(=S)[S-].NC(=S)[S-].NC(=S)[S-].O=S.[W]. The van der Waals surface area contributed by atoms with E-state index < -0.39 is 0 Å². The van der Waals surface area contributed by atoms with Crippen LogP contribution in [0.25, 0.3) is 0 Å². The van der Waals surface area contributed by atoms with Crippen LogP contribution in [0.3, 0.4) is 0 Å². The number of nitrogens with two attached hydrogens (primary N) is 4. The Morgan fingerprint density at radius 3 is 0.579 bits per heavy atom. The van der Waals surface area contributed by atoms with E-state index >= 15 is 0 Å². The molecule has 0 aromatic heterocycles. The smallest absolute Gasteiger partial charge is 0.197 e. The molecular weight excluding hydrogens is 593 g/mol. The van der Waals surface area contributed by atoms with Crippen LogP contribution in [0.5, 0.6) is 0 Å². The summed E-state index contributed by atoms with van der Waals surface area (Å²) in [6.45, 7) is 0. The molecule has 0 bridgehead atoms. The summed E-state index contributed by atoms with van der Waals surface area (Å²) in [5.41, 5.74) is 18.6. The summed E-state index contributed by atoms with van der Waals surface area (Å²) < 4.78 is 8.17. The molecule has 0 aliphatic heterocycles. The summed E-state index contributed by atoms with van der Waals surface area (Å²) >= 11 is 35.9. The normalized spacial score (nSPS) is 5.26. The number of rotatable bonds is 0. The maximum Gasteiger partial charge on any atom is 0.197 e. The standard InChI is InChI=1S/4CH3NS2.OS.W/c4*2-1(3)4;1-2;/h4*(H3,2,3,4);;/p-4. The Morgan fingerprint density at radius 2 is 0.579 bits per heavy atom. The van der Waals surface area contributed by atoms with Crippen LogP contribution in [0, 0.1) is 0 Å². The fourth-order valence-electron chi connectivity index (χ4n) is 0. The Morgan fingerprint density at radius 1 is 0.579 bits per heavy atom. The van der Waals surface area contributed by atoms with Gasteiger partial charge in [-0.3, -0.25) is 0 Å². The van der Waals surface area contributed by atoms with Gasteiger partial charge in [0.1, 0.15) is 0 Å². The number of hydrogen-bond acceptors (Lipinski definition) is 10. The van der Waals surface area contributed by atoms with Crippen LogP contribution in [0.4, 0.5) is 0 Å². The van der Waals surface area contributed by atoms with Gasteiger partial charge in [0.25, 0.3) is 0 Å². The van der Waals surface area contributed by atoms with Gasteiger partial charge in [-0.15, -0.1) is 0 Å². The van der Waals surface area contributed by atoms with Crippen molar-refractivity contribution in [3.8, 4) is 0 Å². The van der Waals surface area contributed by atoms with E-state index in [1.807, 2.05) is 0 Å². The van der Waals surface area contributed by atoms with Crippen molar-refractivity contribution >= 4 is 129 Å². The van der Waals surface area contributed by atoms with Gasteiger partial charge >= 0.3 is 0 Å².